The van der Waals surface area contributed by atoms with E-state index in [-0.39, 0.29) is 0 Å². The highest BCUT2D eigenvalue weighted by molar-refractivity contribution is 6.31. The number of hydrogen-bond donors (Lipinski definition) is 1. The molecule has 0 radical (unpaired) electrons. The number of nitrogens with one attached hydrogen (secondary N) is 1. The zero-order chi connectivity index (χ0) is 13.1. The maximum Gasteiger partial charge on any atom is 0.0847 e. The fraction of sp³-hybridized carbons (Fsp3) is 0.769. The first-order chi connectivity index (χ1) is 8.63. The van der Waals surface area contributed by atoms with E-state index >= 15 is 0 Å². The normalized spacial score (nSPS) is 22.1. The Hall–Kier alpha value is -0.580. The minimum atomic E-state index is 0.401. The van der Waals surface area contributed by atoms with Crippen molar-refractivity contribution in [2.24, 2.45) is 13.0 Å². The fourth-order valence-electron chi connectivity index (χ4n) is 2.70. The van der Waals surface area contributed by atoms with Crippen molar-refractivity contribution >= 4 is 11.6 Å². The predicted molar refractivity (Wildman–Crippen MR) is 73.0 cm³/mol. The summed E-state index contributed by atoms with van der Waals surface area (Å²) in [4.78, 5) is 0. The molecule has 5 heteroatoms. The zero-order valence-corrected chi connectivity index (χ0v) is 12.1. The smallest absolute Gasteiger partial charge is 0.0847 e. The zero-order valence-electron chi connectivity index (χ0n) is 11.4. The molecular weight excluding hydrogens is 250 g/mol. The Labute approximate surface area is 114 Å². The first kappa shape index (κ1) is 13.8. The standard InChI is InChI=1S/C13H22ClN3O/c1-9-13(14)12(17(3)16-9)7-11(15-2)10-5-4-6-18-8-10/h10-11,15H,4-8H2,1-3H3. The van der Waals surface area contributed by atoms with Crippen LogP contribution in [0.4, 0.5) is 0 Å². The van der Waals surface area contributed by atoms with Gasteiger partial charge in [-0.05, 0) is 32.7 Å². The monoisotopic (exact) mass is 271 g/mol. The van der Waals surface area contributed by atoms with Crippen molar-refractivity contribution in [1.82, 2.24) is 15.1 Å². The van der Waals surface area contributed by atoms with Gasteiger partial charge in [0.05, 0.1) is 23.0 Å². The highest BCUT2D eigenvalue weighted by atomic mass is 35.5. The summed E-state index contributed by atoms with van der Waals surface area (Å²) in [5.41, 5.74) is 2.02. The highest BCUT2D eigenvalue weighted by Crippen LogP contribution is 2.25. The highest BCUT2D eigenvalue weighted by Gasteiger charge is 2.25. The van der Waals surface area contributed by atoms with Gasteiger partial charge in [-0.3, -0.25) is 4.68 Å². The van der Waals surface area contributed by atoms with Gasteiger partial charge in [-0.2, -0.15) is 5.10 Å². The van der Waals surface area contributed by atoms with E-state index in [1.807, 2.05) is 25.7 Å². The topological polar surface area (TPSA) is 39.1 Å². The molecule has 102 valence electrons. The molecule has 2 heterocycles. The van der Waals surface area contributed by atoms with Crippen molar-refractivity contribution in [3.8, 4) is 0 Å². The Morgan fingerprint density at radius 2 is 2.39 bits per heavy atom. The van der Waals surface area contributed by atoms with Gasteiger partial charge < -0.3 is 10.1 Å². The SMILES string of the molecule is CNC(Cc1c(Cl)c(C)nn1C)C1CCCOC1. The van der Waals surface area contributed by atoms with Crippen molar-refractivity contribution in [2.75, 3.05) is 20.3 Å². The molecule has 0 spiro atoms. The lowest BCUT2D eigenvalue weighted by Gasteiger charge is -2.30. The van der Waals surface area contributed by atoms with Crippen LogP contribution in [-0.4, -0.2) is 36.1 Å². The molecule has 1 aromatic rings. The molecule has 0 amide bonds. The Balaban J connectivity index is 2.09. The maximum absolute atomic E-state index is 6.31. The van der Waals surface area contributed by atoms with Crippen LogP contribution in [0.15, 0.2) is 0 Å². The second kappa shape index (κ2) is 6.04. The summed E-state index contributed by atoms with van der Waals surface area (Å²) < 4.78 is 7.47. The molecule has 0 bridgehead atoms. The van der Waals surface area contributed by atoms with E-state index in [4.69, 9.17) is 16.3 Å². The van der Waals surface area contributed by atoms with Gasteiger partial charge in [0.25, 0.3) is 0 Å². The largest absolute Gasteiger partial charge is 0.381 e. The third kappa shape index (κ3) is 2.87. The number of halogens is 1. The minimum Gasteiger partial charge on any atom is -0.381 e. The Kier molecular flexibility index (Phi) is 4.65. The van der Waals surface area contributed by atoms with Crippen molar-refractivity contribution in [2.45, 2.75) is 32.2 Å². The third-order valence-corrected chi connectivity index (χ3v) is 4.30. The van der Waals surface area contributed by atoms with Gasteiger partial charge in [-0.15, -0.1) is 0 Å². The van der Waals surface area contributed by atoms with Gasteiger partial charge in [0.1, 0.15) is 0 Å². The first-order valence-corrected chi connectivity index (χ1v) is 6.94. The number of aryl methyl sites for hydroxylation is 2. The summed E-state index contributed by atoms with van der Waals surface area (Å²) in [5.74, 6) is 0.565. The average Bonchev–Trinajstić information content (AvgIpc) is 2.62. The summed E-state index contributed by atoms with van der Waals surface area (Å²) in [7, 11) is 3.97. The summed E-state index contributed by atoms with van der Waals surface area (Å²) in [6.07, 6.45) is 3.28. The van der Waals surface area contributed by atoms with E-state index < -0.39 is 0 Å². The van der Waals surface area contributed by atoms with Crippen LogP contribution in [0.3, 0.4) is 0 Å². The molecular formula is C13H22ClN3O. The van der Waals surface area contributed by atoms with Crippen LogP contribution in [0.5, 0.6) is 0 Å². The second-order valence-corrected chi connectivity index (χ2v) is 5.42. The van der Waals surface area contributed by atoms with E-state index in [0.29, 0.717) is 12.0 Å². The van der Waals surface area contributed by atoms with E-state index in [9.17, 15) is 0 Å². The molecule has 1 aromatic heterocycles. The van der Waals surface area contributed by atoms with E-state index in [0.717, 1.165) is 42.5 Å². The van der Waals surface area contributed by atoms with Crippen LogP contribution in [-0.2, 0) is 18.2 Å². The van der Waals surface area contributed by atoms with Crippen LogP contribution in [0.1, 0.15) is 24.2 Å². The summed E-state index contributed by atoms with van der Waals surface area (Å²) in [5, 5.41) is 8.57. The van der Waals surface area contributed by atoms with Gasteiger partial charge in [-0.25, -0.2) is 0 Å². The van der Waals surface area contributed by atoms with Gasteiger partial charge in [0, 0.05) is 26.1 Å². The molecule has 0 aromatic carbocycles. The lowest BCUT2D eigenvalue weighted by Crippen LogP contribution is -2.40. The van der Waals surface area contributed by atoms with E-state index in [2.05, 4.69) is 10.4 Å². The fourth-order valence-corrected chi connectivity index (χ4v) is 2.93. The number of hydrogen-bond acceptors (Lipinski definition) is 3. The van der Waals surface area contributed by atoms with Crippen molar-refractivity contribution in [1.29, 1.82) is 0 Å². The molecule has 0 saturated carbocycles. The average molecular weight is 272 g/mol. The molecule has 18 heavy (non-hydrogen) atoms. The number of rotatable bonds is 4. The third-order valence-electron chi connectivity index (χ3n) is 3.81. The van der Waals surface area contributed by atoms with Gasteiger partial charge in [0.15, 0.2) is 0 Å². The molecule has 2 rings (SSSR count). The van der Waals surface area contributed by atoms with Crippen LogP contribution < -0.4 is 5.32 Å². The van der Waals surface area contributed by atoms with Crippen molar-refractivity contribution < 1.29 is 4.74 Å². The Morgan fingerprint density at radius 1 is 1.61 bits per heavy atom. The Morgan fingerprint density at radius 3 is 2.89 bits per heavy atom. The van der Waals surface area contributed by atoms with E-state index in [1.165, 1.54) is 6.42 Å². The molecule has 1 N–H and O–H groups in total. The maximum atomic E-state index is 6.31. The number of ether oxygens (including phenoxy) is 1. The number of likely N-dealkylation sites (N-methyl/N-ethyl adjacent to an activating group) is 1. The molecule has 2 unspecified atom stereocenters. The van der Waals surface area contributed by atoms with Crippen LogP contribution in [0.25, 0.3) is 0 Å². The van der Waals surface area contributed by atoms with Crippen molar-refractivity contribution in [3.63, 3.8) is 0 Å². The summed E-state index contributed by atoms with van der Waals surface area (Å²) in [6, 6.07) is 0.401. The molecule has 2 atom stereocenters. The summed E-state index contributed by atoms with van der Waals surface area (Å²) >= 11 is 6.31. The van der Waals surface area contributed by atoms with Crippen LogP contribution in [0, 0.1) is 12.8 Å². The Bertz CT molecular complexity index is 399. The van der Waals surface area contributed by atoms with Gasteiger partial charge in [-0.1, -0.05) is 11.6 Å². The summed E-state index contributed by atoms with van der Waals surface area (Å²) in [6.45, 7) is 3.70. The van der Waals surface area contributed by atoms with Gasteiger partial charge in [0.2, 0.25) is 0 Å². The quantitative estimate of drug-likeness (QED) is 0.910. The number of aromatic nitrogens is 2. The van der Waals surface area contributed by atoms with E-state index in [1.54, 1.807) is 0 Å². The van der Waals surface area contributed by atoms with Crippen LogP contribution >= 0.6 is 11.6 Å². The van der Waals surface area contributed by atoms with Crippen LogP contribution in [0.2, 0.25) is 5.02 Å². The van der Waals surface area contributed by atoms with Crippen molar-refractivity contribution in [3.05, 3.63) is 16.4 Å². The minimum absolute atomic E-state index is 0.401. The lowest BCUT2D eigenvalue weighted by molar-refractivity contribution is 0.0402. The van der Waals surface area contributed by atoms with Gasteiger partial charge >= 0.3 is 0 Å². The molecule has 1 saturated heterocycles. The second-order valence-electron chi connectivity index (χ2n) is 5.05. The molecule has 1 aliphatic heterocycles. The predicted octanol–water partition coefficient (Wildman–Crippen LogP) is 1.94. The first-order valence-electron chi connectivity index (χ1n) is 6.56. The lowest BCUT2D eigenvalue weighted by atomic mass is 9.90. The molecule has 4 nitrogen and oxygen atoms in total. The number of nitrogens with zero attached hydrogens (tertiary/aromatic N) is 2. The molecule has 0 aliphatic carbocycles. The molecule has 1 fully saturated rings. The molecule has 1 aliphatic rings.